The van der Waals surface area contributed by atoms with Gasteiger partial charge in [0, 0.05) is 44.3 Å². The minimum Gasteiger partial charge on any atom is -0.397 e. The normalized spacial score (nSPS) is 14.8. The van der Waals surface area contributed by atoms with Gasteiger partial charge >= 0.3 is 14.0 Å². The van der Waals surface area contributed by atoms with Gasteiger partial charge in [-0.1, -0.05) is 42.5 Å². The van der Waals surface area contributed by atoms with Crippen LogP contribution in [0.3, 0.4) is 0 Å². The number of para-hydroxylation sites is 2. The summed E-state index contributed by atoms with van der Waals surface area (Å²) in [7, 11) is 8.78. The molecule has 0 spiro atoms. The van der Waals surface area contributed by atoms with E-state index in [1.165, 1.54) is 66.4 Å². The maximum atomic E-state index is 2.45. The van der Waals surface area contributed by atoms with Crippen molar-refractivity contribution in [3.05, 3.63) is 97.1 Å². The average molecular weight is 572 g/mol. The van der Waals surface area contributed by atoms with Gasteiger partial charge in [0.15, 0.2) is 0 Å². The lowest BCUT2D eigenvalue weighted by atomic mass is 9.78. The SMILES string of the molecule is CB1N(C)c2cc3c4ccccc4n(-c4cccc(-n5c6ccccc6c6cc7c(cc65)N(C)B(C)N7C)c4)c3cc2N1C. The lowest BCUT2D eigenvalue weighted by Gasteiger charge is -2.19. The predicted molar refractivity (Wildman–Crippen MR) is 192 cm³/mol. The number of rotatable bonds is 2. The molecule has 2 aliphatic rings. The highest BCUT2D eigenvalue weighted by atomic mass is 15.3. The standard InChI is InChI=1S/C36H34B2N6/c1-37-39(3)33-19-27-25-14-7-9-16-29(25)43(31(27)21-35(33)41(37)5)23-12-11-13-24(18-23)44-30-17-10-8-15-26(30)28-20-34-36(22-32(28)44)42(6)38(2)40(34)4/h7-22H,1-6H3. The van der Waals surface area contributed by atoms with Crippen LogP contribution in [0.4, 0.5) is 22.7 Å². The first kappa shape index (κ1) is 25.5. The molecule has 5 aromatic carbocycles. The smallest absolute Gasteiger partial charge is 0.371 e. The van der Waals surface area contributed by atoms with Crippen molar-refractivity contribution in [3.8, 4) is 11.4 Å². The van der Waals surface area contributed by atoms with Crippen LogP contribution in [0.1, 0.15) is 0 Å². The van der Waals surface area contributed by atoms with E-state index >= 15 is 0 Å². The molecule has 8 heteroatoms. The van der Waals surface area contributed by atoms with Crippen LogP contribution >= 0.6 is 0 Å². The highest BCUT2D eigenvalue weighted by Gasteiger charge is 2.34. The molecule has 4 heterocycles. The lowest BCUT2D eigenvalue weighted by molar-refractivity contribution is 1.13. The van der Waals surface area contributed by atoms with Gasteiger partial charge in [0.25, 0.3) is 0 Å². The van der Waals surface area contributed by atoms with Crippen molar-refractivity contribution in [2.45, 2.75) is 13.6 Å². The first-order valence-corrected chi connectivity index (χ1v) is 15.5. The van der Waals surface area contributed by atoms with Gasteiger partial charge in [-0.15, -0.1) is 0 Å². The van der Waals surface area contributed by atoms with Gasteiger partial charge in [-0.05, 0) is 96.4 Å². The molecule has 44 heavy (non-hydrogen) atoms. The van der Waals surface area contributed by atoms with Gasteiger partial charge in [-0.3, -0.25) is 0 Å². The van der Waals surface area contributed by atoms with Crippen LogP contribution in [-0.4, -0.2) is 51.3 Å². The molecule has 0 unspecified atom stereocenters. The zero-order chi connectivity index (χ0) is 30.0. The van der Waals surface area contributed by atoms with E-state index in [4.69, 9.17) is 0 Å². The number of hydrogen-bond acceptors (Lipinski definition) is 4. The fourth-order valence-electron chi connectivity index (χ4n) is 7.77. The zero-order valence-corrected chi connectivity index (χ0v) is 26.1. The Hall–Kier alpha value is -4.97. The maximum Gasteiger partial charge on any atom is 0.371 e. The van der Waals surface area contributed by atoms with Gasteiger partial charge in [0.05, 0.1) is 33.4 Å². The van der Waals surface area contributed by atoms with Crippen LogP contribution in [0.5, 0.6) is 0 Å². The summed E-state index contributed by atoms with van der Waals surface area (Å²) >= 11 is 0. The minimum absolute atomic E-state index is 0.318. The van der Waals surface area contributed by atoms with Crippen LogP contribution in [0.15, 0.2) is 97.1 Å². The molecule has 0 radical (unpaired) electrons. The van der Waals surface area contributed by atoms with Crippen molar-refractivity contribution in [1.82, 2.24) is 9.13 Å². The molecular formula is C36H34B2N6. The van der Waals surface area contributed by atoms with E-state index in [0.29, 0.717) is 14.0 Å². The zero-order valence-electron chi connectivity index (χ0n) is 26.1. The van der Waals surface area contributed by atoms with Crippen LogP contribution in [0, 0.1) is 0 Å². The molecule has 0 saturated heterocycles. The van der Waals surface area contributed by atoms with E-state index in [0.717, 1.165) is 11.4 Å². The summed E-state index contributed by atoms with van der Waals surface area (Å²) in [5, 5.41) is 5.13. The second-order valence-electron chi connectivity index (χ2n) is 12.6. The third-order valence-corrected chi connectivity index (χ3v) is 10.6. The summed E-state index contributed by atoms with van der Waals surface area (Å²) in [5.74, 6) is 0. The third-order valence-electron chi connectivity index (χ3n) is 10.6. The molecule has 2 aliphatic heterocycles. The molecule has 2 aromatic heterocycles. The highest BCUT2D eigenvalue weighted by molar-refractivity contribution is 6.69. The van der Waals surface area contributed by atoms with Crippen molar-refractivity contribution in [3.63, 3.8) is 0 Å². The molecule has 0 N–H and O–H groups in total. The second kappa shape index (κ2) is 8.79. The molecule has 0 aliphatic carbocycles. The molecule has 6 nitrogen and oxygen atoms in total. The Labute approximate surface area is 258 Å². The van der Waals surface area contributed by atoms with Crippen molar-refractivity contribution in [1.29, 1.82) is 0 Å². The fourth-order valence-corrected chi connectivity index (χ4v) is 7.77. The third kappa shape index (κ3) is 3.18. The Bertz CT molecular complexity index is 2160. The van der Waals surface area contributed by atoms with Crippen molar-refractivity contribution < 1.29 is 0 Å². The van der Waals surface area contributed by atoms with Crippen LogP contribution in [0.2, 0.25) is 13.6 Å². The fraction of sp³-hybridized carbons (Fsp3) is 0.167. The van der Waals surface area contributed by atoms with Gasteiger partial charge in [-0.2, -0.15) is 0 Å². The molecule has 214 valence electrons. The van der Waals surface area contributed by atoms with E-state index < -0.39 is 0 Å². The van der Waals surface area contributed by atoms with Crippen LogP contribution in [-0.2, 0) is 0 Å². The Morgan fingerprint density at radius 3 is 1.20 bits per heavy atom. The first-order valence-electron chi connectivity index (χ1n) is 15.5. The second-order valence-corrected chi connectivity index (χ2v) is 12.6. The molecule has 0 atom stereocenters. The summed E-state index contributed by atoms with van der Waals surface area (Å²) in [6.07, 6.45) is 0. The Morgan fingerprint density at radius 1 is 0.386 bits per heavy atom. The van der Waals surface area contributed by atoms with Crippen LogP contribution < -0.4 is 19.2 Å². The topological polar surface area (TPSA) is 22.8 Å². The van der Waals surface area contributed by atoms with Gasteiger partial charge in [0.1, 0.15) is 0 Å². The molecule has 0 bridgehead atoms. The van der Waals surface area contributed by atoms with Crippen LogP contribution in [0.25, 0.3) is 55.0 Å². The molecule has 9 rings (SSSR count). The number of benzene rings is 5. The summed E-state index contributed by atoms with van der Waals surface area (Å²) < 4.78 is 4.89. The lowest BCUT2D eigenvalue weighted by Crippen LogP contribution is -2.41. The van der Waals surface area contributed by atoms with E-state index in [1.807, 2.05) is 0 Å². The largest absolute Gasteiger partial charge is 0.397 e. The van der Waals surface area contributed by atoms with Crippen molar-refractivity contribution in [2.24, 2.45) is 0 Å². The van der Waals surface area contributed by atoms with Gasteiger partial charge in [-0.25, -0.2) is 0 Å². The number of hydrogen-bond donors (Lipinski definition) is 0. The van der Waals surface area contributed by atoms with E-state index in [9.17, 15) is 0 Å². The highest BCUT2D eigenvalue weighted by Crippen LogP contribution is 2.45. The first-order chi connectivity index (χ1) is 21.3. The average Bonchev–Trinajstić information content (AvgIpc) is 3.69. The Morgan fingerprint density at radius 2 is 0.773 bits per heavy atom. The maximum absolute atomic E-state index is 2.45. The molecular weight excluding hydrogens is 538 g/mol. The number of fused-ring (bicyclic) bond motifs is 8. The quantitative estimate of drug-likeness (QED) is 0.197. The molecule has 7 aromatic rings. The van der Waals surface area contributed by atoms with E-state index in [1.54, 1.807) is 0 Å². The summed E-state index contributed by atoms with van der Waals surface area (Å²) in [6, 6.07) is 36.2. The van der Waals surface area contributed by atoms with E-state index in [-0.39, 0.29) is 0 Å². The number of anilines is 4. The molecule has 0 fully saturated rings. The Kier molecular flexibility index (Phi) is 5.10. The Balaban J connectivity index is 1.31. The summed E-state index contributed by atoms with van der Waals surface area (Å²) in [6.45, 7) is 5.16. The monoisotopic (exact) mass is 572 g/mol. The predicted octanol–water partition coefficient (Wildman–Crippen LogP) is 7.89. The van der Waals surface area contributed by atoms with E-state index in [2.05, 4.69) is 167 Å². The summed E-state index contributed by atoms with van der Waals surface area (Å²) in [4.78, 5) is 9.49. The number of nitrogens with zero attached hydrogens (tertiary/aromatic N) is 6. The number of aromatic nitrogens is 2. The molecule has 0 saturated carbocycles. The minimum atomic E-state index is 0.318. The van der Waals surface area contributed by atoms with Crippen molar-refractivity contribution >= 4 is 80.3 Å². The van der Waals surface area contributed by atoms with Crippen molar-refractivity contribution in [2.75, 3.05) is 47.4 Å². The van der Waals surface area contributed by atoms with Gasteiger partial charge < -0.3 is 28.4 Å². The van der Waals surface area contributed by atoms with Gasteiger partial charge in [0.2, 0.25) is 0 Å². The molecule has 0 amide bonds. The summed E-state index contributed by atoms with van der Waals surface area (Å²) in [5.41, 5.74) is 12.3.